The highest BCUT2D eigenvalue weighted by Crippen LogP contribution is 2.24. The van der Waals surface area contributed by atoms with Crippen LogP contribution in [0.15, 0.2) is 30.3 Å². The number of Topliss-reactive ketones (excluding diaryl/α,β-unsaturated/α-hetero) is 1. The molecule has 0 spiro atoms. The Morgan fingerprint density at radius 1 is 1.14 bits per heavy atom. The zero-order chi connectivity index (χ0) is 15.4. The van der Waals surface area contributed by atoms with Crippen LogP contribution in [0.4, 0.5) is 0 Å². The molecular weight excluding hydrogens is 270 g/mol. The van der Waals surface area contributed by atoms with Gasteiger partial charge in [0.15, 0.2) is 5.78 Å². The minimum atomic E-state index is -0.863. The van der Waals surface area contributed by atoms with Gasteiger partial charge >= 0.3 is 5.97 Å². The van der Waals surface area contributed by atoms with Gasteiger partial charge in [-0.05, 0) is 5.92 Å². The van der Waals surface area contributed by atoms with Gasteiger partial charge in [-0.25, -0.2) is 0 Å². The maximum atomic E-state index is 12.1. The summed E-state index contributed by atoms with van der Waals surface area (Å²) in [6.45, 7) is 2.53. The molecule has 1 aliphatic heterocycles. The van der Waals surface area contributed by atoms with Crippen molar-refractivity contribution in [1.29, 1.82) is 0 Å². The number of aliphatic carboxylic acids is 1. The number of hydrogen-bond donors (Lipinski definition) is 1. The van der Waals surface area contributed by atoms with E-state index in [2.05, 4.69) is 0 Å². The lowest BCUT2D eigenvalue weighted by Gasteiger charge is -2.15. The maximum Gasteiger partial charge on any atom is 0.308 e. The van der Waals surface area contributed by atoms with E-state index in [1.165, 1.54) is 0 Å². The van der Waals surface area contributed by atoms with Gasteiger partial charge in [-0.3, -0.25) is 14.4 Å². The molecule has 1 heterocycles. The topological polar surface area (TPSA) is 74.7 Å². The summed E-state index contributed by atoms with van der Waals surface area (Å²) < 4.78 is 0. The minimum absolute atomic E-state index is 0.0451. The maximum absolute atomic E-state index is 12.1. The molecule has 2 atom stereocenters. The summed E-state index contributed by atoms with van der Waals surface area (Å²) in [6.07, 6.45) is 0.290. The van der Waals surface area contributed by atoms with Crippen LogP contribution >= 0.6 is 0 Å². The first-order chi connectivity index (χ1) is 9.99. The number of amides is 1. The molecule has 0 aromatic heterocycles. The number of carboxylic acid groups (broad SMARTS) is 1. The van der Waals surface area contributed by atoms with Crippen LogP contribution in [0.3, 0.4) is 0 Å². The molecule has 0 saturated carbocycles. The van der Waals surface area contributed by atoms with E-state index < -0.39 is 11.9 Å². The molecule has 5 nitrogen and oxygen atoms in total. The first-order valence-corrected chi connectivity index (χ1v) is 7.08. The smallest absolute Gasteiger partial charge is 0.308 e. The summed E-state index contributed by atoms with van der Waals surface area (Å²) in [6, 6.07) is 8.86. The van der Waals surface area contributed by atoms with Crippen molar-refractivity contribution in [3.8, 4) is 0 Å². The van der Waals surface area contributed by atoms with Crippen LogP contribution in [0.5, 0.6) is 0 Å². The van der Waals surface area contributed by atoms with Crippen molar-refractivity contribution < 1.29 is 19.5 Å². The Morgan fingerprint density at radius 3 is 2.38 bits per heavy atom. The summed E-state index contributed by atoms with van der Waals surface area (Å²) >= 11 is 0. The fourth-order valence-corrected chi connectivity index (χ4v) is 2.64. The van der Waals surface area contributed by atoms with Crippen molar-refractivity contribution in [3.05, 3.63) is 35.9 Å². The van der Waals surface area contributed by atoms with Crippen molar-refractivity contribution in [2.75, 3.05) is 13.1 Å². The number of benzene rings is 1. The molecule has 0 aliphatic carbocycles. The minimum Gasteiger partial charge on any atom is -0.481 e. The third-order valence-electron chi connectivity index (χ3n) is 3.94. The summed E-state index contributed by atoms with van der Waals surface area (Å²) in [5.74, 6) is -1.62. The second-order valence-corrected chi connectivity index (χ2v) is 5.51. The number of hydrogen-bond acceptors (Lipinski definition) is 3. The number of carbonyl (C=O) groups excluding carboxylic acids is 2. The Hall–Kier alpha value is -2.17. The van der Waals surface area contributed by atoms with Gasteiger partial charge in [0.05, 0.1) is 5.92 Å². The zero-order valence-electron chi connectivity index (χ0n) is 12.0. The molecule has 1 amide bonds. The Morgan fingerprint density at radius 2 is 1.81 bits per heavy atom. The van der Waals surface area contributed by atoms with Gasteiger partial charge in [0.25, 0.3) is 0 Å². The third-order valence-corrected chi connectivity index (χ3v) is 3.94. The van der Waals surface area contributed by atoms with Gasteiger partial charge in [-0.15, -0.1) is 0 Å². The van der Waals surface area contributed by atoms with Crippen LogP contribution in [0, 0.1) is 11.8 Å². The second-order valence-electron chi connectivity index (χ2n) is 5.51. The highest BCUT2D eigenvalue weighted by Gasteiger charge is 2.36. The largest absolute Gasteiger partial charge is 0.481 e. The van der Waals surface area contributed by atoms with E-state index in [1.807, 2.05) is 13.0 Å². The number of rotatable bonds is 5. The monoisotopic (exact) mass is 289 g/mol. The van der Waals surface area contributed by atoms with Crippen LogP contribution in [0.25, 0.3) is 0 Å². The predicted molar refractivity (Wildman–Crippen MR) is 76.9 cm³/mol. The summed E-state index contributed by atoms with van der Waals surface area (Å²) in [7, 11) is 0. The SMILES string of the molecule is C[C@@H]1CN(C(=O)CCC(=O)c2ccccc2)C[C@H]1C(=O)O. The molecule has 1 saturated heterocycles. The van der Waals surface area contributed by atoms with E-state index in [4.69, 9.17) is 5.11 Å². The van der Waals surface area contributed by atoms with Gasteiger partial charge < -0.3 is 10.0 Å². The lowest BCUT2D eigenvalue weighted by atomic mass is 9.99. The molecule has 1 aliphatic rings. The molecule has 1 aromatic rings. The first kappa shape index (κ1) is 15.2. The molecule has 2 rings (SSSR count). The zero-order valence-corrected chi connectivity index (χ0v) is 12.0. The highest BCUT2D eigenvalue weighted by atomic mass is 16.4. The van der Waals surface area contributed by atoms with Gasteiger partial charge in [0, 0.05) is 31.5 Å². The van der Waals surface area contributed by atoms with E-state index in [1.54, 1.807) is 29.2 Å². The van der Waals surface area contributed by atoms with E-state index in [0.717, 1.165) is 0 Å². The molecule has 1 N–H and O–H groups in total. The highest BCUT2D eigenvalue weighted by molar-refractivity contribution is 5.97. The Kier molecular flexibility index (Phi) is 4.73. The molecule has 1 aromatic carbocycles. The van der Waals surface area contributed by atoms with Gasteiger partial charge in [0.1, 0.15) is 0 Å². The van der Waals surface area contributed by atoms with Gasteiger partial charge in [-0.2, -0.15) is 0 Å². The first-order valence-electron chi connectivity index (χ1n) is 7.08. The van der Waals surface area contributed by atoms with Crippen LogP contribution in [0.1, 0.15) is 30.1 Å². The third kappa shape index (κ3) is 3.68. The number of ketones is 1. The van der Waals surface area contributed by atoms with Crippen molar-refractivity contribution in [3.63, 3.8) is 0 Å². The summed E-state index contributed by atoms with van der Waals surface area (Å²) in [5.41, 5.74) is 0.600. The molecular formula is C16H19NO4. The summed E-state index contributed by atoms with van der Waals surface area (Å²) in [4.78, 5) is 36.6. The van der Waals surface area contributed by atoms with E-state index >= 15 is 0 Å². The molecule has 5 heteroatoms. The van der Waals surface area contributed by atoms with Crippen molar-refractivity contribution in [2.45, 2.75) is 19.8 Å². The Bertz CT molecular complexity index is 540. The van der Waals surface area contributed by atoms with Crippen molar-refractivity contribution in [1.82, 2.24) is 4.90 Å². The average molecular weight is 289 g/mol. The van der Waals surface area contributed by atoms with Crippen LogP contribution in [-0.4, -0.2) is 40.8 Å². The lowest BCUT2D eigenvalue weighted by molar-refractivity contribution is -0.142. The Labute approximate surface area is 123 Å². The number of carboxylic acids is 1. The van der Waals surface area contributed by atoms with Gasteiger partial charge in [-0.1, -0.05) is 37.3 Å². The molecule has 112 valence electrons. The van der Waals surface area contributed by atoms with Crippen molar-refractivity contribution in [2.24, 2.45) is 11.8 Å². The molecule has 0 unspecified atom stereocenters. The number of likely N-dealkylation sites (tertiary alicyclic amines) is 1. The molecule has 21 heavy (non-hydrogen) atoms. The van der Waals surface area contributed by atoms with E-state index in [-0.39, 0.29) is 37.0 Å². The Balaban J connectivity index is 1.86. The predicted octanol–water partition coefficient (Wildman–Crippen LogP) is 1.83. The molecule has 0 bridgehead atoms. The molecule has 1 fully saturated rings. The lowest BCUT2D eigenvalue weighted by Crippen LogP contribution is -2.30. The van der Waals surface area contributed by atoms with Gasteiger partial charge in [0.2, 0.25) is 5.91 Å². The quantitative estimate of drug-likeness (QED) is 0.839. The van der Waals surface area contributed by atoms with Crippen LogP contribution in [0.2, 0.25) is 0 Å². The standard InChI is InChI=1S/C16H19NO4/c1-11-9-17(10-13(11)16(20)21)15(19)8-7-14(18)12-5-3-2-4-6-12/h2-6,11,13H,7-10H2,1H3,(H,20,21)/t11-,13-/m1/s1. The fraction of sp³-hybridized carbons (Fsp3) is 0.438. The second kappa shape index (κ2) is 6.52. The summed E-state index contributed by atoms with van der Waals surface area (Å²) in [5, 5.41) is 9.06. The molecule has 0 radical (unpaired) electrons. The number of nitrogens with zero attached hydrogens (tertiary/aromatic N) is 1. The van der Waals surface area contributed by atoms with E-state index in [9.17, 15) is 14.4 Å². The van der Waals surface area contributed by atoms with Crippen molar-refractivity contribution >= 4 is 17.7 Å². The van der Waals surface area contributed by atoms with Crippen LogP contribution < -0.4 is 0 Å². The average Bonchev–Trinajstić information content (AvgIpc) is 2.87. The normalized spacial score (nSPS) is 21.3. The fourth-order valence-electron chi connectivity index (χ4n) is 2.64. The number of carbonyl (C=O) groups is 3. The van der Waals surface area contributed by atoms with E-state index in [0.29, 0.717) is 12.1 Å². The van der Waals surface area contributed by atoms with Crippen LogP contribution in [-0.2, 0) is 9.59 Å².